The maximum Gasteiger partial charge on any atom is 0.255 e. The van der Waals surface area contributed by atoms with Gasteiger partial charge in [0.25, 0.3) is 5.91 Å². The summed E-state index contributed by atoms with van der Waals surface area (Å²) in [5.41, 5.74) is 1.45. The van der Waals surface area contributed by atoms with E-state index in [1.165, 1.54) is 0 Å². The quantitative estimate of drug-likeness (QED) is 0.874. The van der Waals surface area contributed by atoms with Gasteiger partial charge in [0.15, 0.2) is 0 Å². The van der Waals surface area contributed by atoms with Crippen LogP contribution in [0.2, 0.25) is 5.02 Å². The Morgan fingerprint density at radius 2 is 2.00 bits per heavy atom. The van der Waals surface area contributed by atoms with E-state index in [2.05, 4.69) is 10.6 Å². The summed E-state index contributed by atoms with van der Waals surface area (Å²) in [4.78, 5) is 12.6. The van der Waals surface area contributed by atoms with Gasteiger partial charge in [-0.25, -0.2) is 0 Å². The van der Waals surface area contributed by atoms with Crippen LogP contribution in [0.15, 0.2) is 48.5 Å². The van der Waals surface area contributed by atoms with Crippen LogP contribution in [-0.2, 0) is 6.61 Å². The zero-order valence-corrected chi connectivity index (χ0v) is 14.2. The van der Waals surface area contributed by atoms with Gasteiger partial charge in [-0.2, -0.15) is 0 Å². The van der Waals surface area contributed by atoms with Crippen LogP contribution in [0.3, 0.4) is 0 Å². The molecule has 1 fully saturated rings. The predicted molar refractivity (Wildman–Crippen MR) is 95.6 cm³/mol. The molecule has 0 aromatic heterocycles. The third kappa shape index (κ3) is 4.28. The standard InChI is InChI=1S/C19H21ClN2O2/c20-17-9-3-1-6-14(17)13-24-18-10-4-2-8-16(18)19(23)22-15-7-5-11-21-12-15/h1-4,6,8-10,15,21H,5,7,11-13H2,(H,22,23)/t15-/m0/s1. The zero-order chi connectivity index (χ0) is 16.8. The van der Waals surface area contributed by atoms with E-state index in [-0.39, 0.29) is 11.9 Å². The number of hydrogen-bond acceptors (Lipinski definition) is 3. The lowest BCUT2D eigenvalue weighted by Gasteiger charge is -2.24. The first-order valence-electron chi connectivity index (χ1n) is 8.21. The number of benzene rings is 2. The summed E-state index contributed by atoms with van der Waals surface area (Å²) >= 11 is 6.16. The van der Waals surface area contributed by atoms with Gasteiger partial charge in [0.1, 0.15) is 12.4 Å². The molecule has 0 saturated carbocycles. The third-order valence-corrected chi connectivity index (χ3v) is 4.47. The molecule has 5 heteroatoms. The summed E-state index contributed by atoms with van der Waals surface area (Å²) < 4.78 is 5.85. The number of nitrogens with one attached hydrogen (secondary N) is 2. The summed E-state index contributed by atoms with van der Waals surface area (Å²) in [6.07, 6.45) is 2.08. The number of para-hydroxylation sites is 1. The minimum atomic E-state index is -0.0986. The fraction of sp³-hybridized carbons (Fsp3) is 0.316. The summed E-state index contributed by atoms with van der Waals surface area (Å²) in [6, 6.07) is 15.0. The number of halogens is 1. The number of carbonyl (C=O) groups is 1. The minimum Gasteiger partial charge on any atom is -0.488 e. The molecule has 24 heavy (non-hydrogen) atoms. The second-order valence-electron chi connectivity index (χ2n) is 5.89. The summed E-state index contributed by atoms with van der Waals surface area (Å²) in [7, 11) is 0. The van der Waals surface area contributed by atoms with Crippen molar-refractivity contribution in [3.05, 3.63) is 64.7 Å². The first-order chi connectivity index (χ1) is 11.7. The minimum absolute atomic E-state index is 0.0986. The SMILES string of the molecule is O=C(N[C@H]1CCCNC1)c1ccccc1OCc1ccccc1Cl. The van der Waals surface area contributed by atoms with Crippen LogP contribution in [0.1, 0.15) is 28.8 Å². The van der Waals surface area contributed by atoms with Crippen LogP contribution >= 0.6 is 11.6 Å². The van der Waals surface area contributed by atoms with Crippen LogP contribution in [0, 0.1) is 0 Å². The molecule has 2 aromatic rings. The lowest BCUT2D eigenvalue weighted by molar-refractivity contribution is 0.0926. The van der Waals surface area contributed by atoms with E-state index in [9.17, 15) is 4.79 Å². The van der Waals surface area contributed by atoms with Crippen molar-refractivity contribution in [1.29, 1.82) is 0 Å². The lowest BCUT2D eigenvalue weighted by atomic mass is 10.1. The molecule has 1 atom stereocenters. The van der Waals surface area contributed by atoms with E-state index in [0.717, 1.165) is 31.5 Å². The first kappa shape index (κ1) is 16.8. The van der Waals surface area contributed by atoms with Gasteiger partial charge in [-0.1, -0.05) is 41.9 Å². The van der Waals surface area contributed by atoms with E-state index in [0.29, 0.717) is 22.9 Å². The predicted octanol–water partition coefficient (Wildman–Crippen LogP) is 3.40. The van der Waals surface area contributed by atoms with Crippen LogP contribution in [-0.4, -0.2) is 25.0 Å². The average Bonchev–Trinajstić information content (AvgIpc) is 2.62. The van der Waals surface area contributed by atoms with E-state index < -0.39 is 0 Å². The highest BCUT2D eigenvalue weighted by Gasteiger charge is 2.18. The second-order valence-corrected chi connectivity index (χ2v) is 6.30. The van der Waals surface area contributed by atoms with Crippen molar-refractivity contribution in [3.8, 4) is 5.75 Å². The maximum atomic E-state index is 12.6. The van der Waals surface area contributed by atoms with Crippen molar-refractivity contribution in [2.75, 3.05) is 13.1 Å². The Morgan fingerprint density at radius 1 is 1.21 bits per heavy atom. The molecule has 0 unspecified atom stereocenters. The molecule has 1 aliphatic rings. The van der Waals surface area contributed by atoms with E-state index in [1.807, 2.05) is 42.5 Å². The molecule has 0 aliphatic carbocycles. The van der Waals surface area contributed by atoms with Crippen molar-refractivity contribution in [1.82, 2.24) is 10.6 Å². The van der Waals surface area contributed by atoms with Gasteiger partial charge < -0.3 is 15.4 Å². The molecule has 4 nitrogen and oxygen atoms in total. The molecule has 2 N–H and O–H groups in total. The van der Waals surface area contributed by atoms with Gasteiger partial charge in [-0.3, -0.25) is 4.79 Å². The van der Waals surface area contributed by atoms with Crippen molar-refractivity contribution in [3.63, 3.8) is 0 Å². The van der Waals surface area contributed by atoms with Crippen molar-refractivity contribution in [2.24, 2.45) is 0 Å². The molecule has 0 bridgehead atoms. The Labute approximate surface area is 147 Å². The van der Waals surface area contributed by atoms with Gasteiger partial charge >= 0.3 is 0 Å². The molecule has 2 aromatic carbocycles. The monoisotopic (exact) mass is 344 g/mol. The summed E-state index contributed by atoms with van der Waals surface area (Å²) in [5.74, 6) is 0.470. The summed E-state index contributed by atoms with van der Waals surface area (Å²) in [6.45, 7) is 2.16. The van der Waals surface area contributed by atoms with Gasteiger partial charge in [0.2, 0.25) is 0 Å². The molecule has 126 valence electrons. The average molecular weight is 345 g/mol. The number of rotatable bonds is 5. The Morgan fingerprint density at radius 3 is 2.79 bits per heavy atom. The first-order valence-corrected chi connectivity index (χ1v) is 8.58. The third-order valence-electron chi connectivity index (χ3n) is 4.10. The number of amides is 1. The zero-order valence-electron chi connectivity index (χ0n) is 13.4. The van der Waals surface area contributed by atoms with Crippen LogP contribution in [0.5, 0.6) is 5.75 Å². The van der Waals surface area contributed by atoms with Crippen LogP contribution in [0.4, 0.5) is 0 Å². The van der Waals surface area contributed by atoms with Gasteiger partial charge in [0, 0.05) is 23.2 Å². The van der Waals surface area contributed by atoms with Crippen molar-refractivity contribution >= 4 is 17.5 Å². The Kier molecular flexibility index (Phi) is 5.72. The Balaban J connectivity index is 1.68. The molecule has 3 rings (SSSR count). The molecule has 1 saturated heterocycles. The smallest absolute Gasteiger partial charge is 0.255 e. The lowest BCUT2D eigenvalue weighted by Crippen LogP contribution is -2.45. The maximum absolute atomic E-state index is 12.6. The topological polar surface area (TPSA) is 50.4 Å². The van der Waals surface area contributed by atoms with Gasteiger partial charge in [0.05, 0.1) is 5.56 Å². The normalized spacial score (nSPS) is 17.3. The van der Waals surface area contributed by atoms with Crippen molar-refractivity contribution in [2.45, 2.75) is 25.5 Å². The van der Waals surface area contributed by atoms with E-state index in [1.54, 1.807) is 6.07 Å². The molecule has 1 aliphatic heterocycles. The largest absolute Gasteiger partial charge is 0.488 e. The van der Waals surface area contributed by atoms with E-state index >= 15 is 0 Å². The highest BCUT2D eigenvalue weighted by atomic mass is 35.5. The molecule has 0 radical (unpaired) electrons. The number of ether oxygens (including phenoxy) is 1. The molecule has 0 spiro atoms. The number of hydrogen-bond donors (Lipinski definition) is 2. The van der Waals surface area contributed by atoms with Crippen LogP contribution in [0.25, 0.3) is 0 Å². The molecular formula is C19H21ClN2O2. The highest BCUT2D eigenvalue weighted by molar-refractivity contribution is 6.31. The summed E-state index contributed by atoms with van der Waals surface area (Å²) in [5, 5.41) is 7.04. The van der Waals surface area contributed by atoms with Crippen LogP contribution < -0.4 is 15.4 Å². The van der Waals surface area contributed by atoms with E-state index in [4.69, 9.17) is 16.3 Å². The highest BCUT2D eigenvalue weighted by Crippen LogP contribution is 2.22. The Hall–Kier alpha value is -2.04. The fourth-order valence-electron chi connectivity index (χ4n) is 2.79. The number of carbonyl (C=O) groups excluding carboxylic acids is 1. The number of piperidine rings is 1. The molecule has 1 heterocycles. The molecule has 1 amide bonds. The van der Waals surface area contributed by atoms with Gasteiger partial charge in [-0.05, 0) is 37.6 Å². The Bertz CT molecular complexity index is 699. The van der Waals surface area contributed by atoms with Crippen molar-refractivity contribution < 1.29 is 9.53 Å². The van der Waals surface area contributed by atoms with Gasteiger partial charge in [-0.15, -0.1) is 0 Å². The fourth-order valence-corrected chi connectivity index (χ4v) is 2.98. The second kappa shape index (κ2) is 8.18. The molecular weight excluding hydrogens is 324 g/mol.